The Bertz CT molecular complexity index is 857. The zero-order valence-corrected chi connectivity index (χ0v) is 14.8. The lowest BCUT2D eigenvalue weighted by atomic mass is 10.1. The number of carbonyl (C=O) groups excluding carboxylic acids is 1. The van der Waals surface area contributed by atoms with E-state index < -0.39 is 29.2 Å². The van der Waals surface area contributed by atoms with Crippen molar-refractivity contribution in [1.29, 1.82) is 5.26 Å². The molecule has 2 N–H and O–H groups in total. The van der Waals surface area contributed by atoms with Crippen molar-refractivity contribution in [3.8, 4) is 17.6 Å². The number of methoxy groups -OCH3 is 1. The van der Waals surface area contributed by atoms with Gasteiger partial charge < -0.3 is 19.9 Å². The lowest BCUT2D eigenvalue weighted by Crippen LogP contribution is -2.31. The number of amides is 1. The van der Waals surface area contributed by atoms with Crippen LogP contribution in [0, 0.1) is 23.0 Å². The van der Waals surface area contributed by atoms with Crippen LogP contribution in [0.1, 0.15) is 29.7 Å². The normalized spacial score (nSPS) is 11.5. The zero-order valence-electron chi connectivity index (χ0n) is 14.8. The molecular weight excluding hydrogens is 358 g/mol. The van der Waals surface area contributed by atoms with E-state index in [1.165, 1.54) is 25.3 Å². The Balaban J connectivity index is 2.22. The summed E-state index contributed by atoms with van der Waals surface area (Å²) in [6, 6.07) is 8.00. The van der Waals surface area contributed by atoms with Crippen LogP contribution in [0.3, 0.4) is 0 Å². The van der Waals surface area contributed by atoms with Crippen molar-refractivity contribution in [2.24, 2.45) is 0 Å². The quantitative estimate of drug-likeness (QED) is 0.775. The number of hydrogen-bond donors (Lipinski definition) is 2. The van der Waals surface area contributed by atoms with E-state index in [2.05, 4.69) is 5.32 Å². The molecule has 1 amide bonds. The molecule has 0 radical (unpaired) electrons. The third kappa shape index (κ3) is 4.71. The summed E-state index contributed by atoms with van der Waals surface area (Å²) in [6.45, 7) is 1.52. The molecule has 0 spiro atoms. The van der Waals surface area contributed by atoms with Crippen molar-refractivity contribution in [2.75, 3.05) is 13.7 Å². The molecule has 27 heavy (non-hydrogen) atoms. The number of nitrogens with zero attached hydrogens (tertiary/aromatic N) is 1. The average molecular weight is 376 g/mol. The highest BCUT2D eigenvalue weighted by Crippen LogP contribution is 2.28. The molecule has 142 valence electrons. The van der Waals surface area contributed by atoms with Crippen molar-refractivity contribution in [1.82, 2.24) is 5.32 Å². The molecule has 1 atom stereocenters. The molecule has 0 aliphatic rings. The maximum atomic E-state index is 14.3. The van der Waals surface area contributed by atoms with Gasteiger partial charge in [0.1, 0.15) is 23.1 Å². The first kappa shape index (κ1) is 20.1. The zero-order chi connectivity index (χ0) is 20.0. The number of carbonyl (C=O) groups is 1. The van der Waals surface area contributed by atoms with E-state index in [1.807, 2.05) is 6.07 Å². The second-order valence-corrected chi connectivity index (χ2v) is 5.51. The third-order valence-electron chi connectivity index (χ3n) is 3.79. The van der Waals surface area contributed by atoms with Crippen LogP contribution in [0.5, 0.6) is 11.5 Å². The summed E-state index contributed by atoms with van der Waals surface area (Å²) < 4.78 is 38.6. The Labute approximate surface area is 154 Å². The van der Waals surface area contributed by atoms with Crippen molar-refractivity contribution in [2.45, 2.75) is 19.6 Å². The molecule has 2 aromatic rings. The maximum absolute atomic E-state index is 14.3. The Morgan fingerprint density at radius 2 is 1.96 bits per heavy atom. The fourth-order valence-corrected chi connectivity index (χ4v) is 2.44. The Hall–Kier alpha value is -3.18. The van der Waals surface area contributed by atoms with Crippen molar-refractivity contribution < 1.29 is 28.2 Å². The first-order valence-electron chi connectivity index (χ1n) is 8.05. The van der Waals surface area contributed by atoms with Gasteiger partial charge in [-0.2, -0.15) is 5.26 Å². The minimum Gasteiger partial charge on any atom is -0.508 e. The van der Waals surface area contributed by atoms with Gasteiger partial charge in [-0.15, -0.1) is 0 Å². The van der Waals surface area contributed by atoms with Crippen molar-refractivity contribution >= 4 is 5.91 Å². The lowest BCUT2D eigenvalue weighted by molar-refractivity contribution is -0.133. The van der Waals surface area contributed by atoms with E-state index in [1.54, 1.807) is 6.92 Å². The minimum absolute atomic E-state index is 0.0214. The summed E-state index contributed by atoms with van der Waals surface area (Å²) in [4.78, 5) is 12.5. The first-order valence-corrected chi connectivity index (χ1v) is 8.05. The largest absolute Gasteiger partial charge is 0.508 e. The number of nitrogens with one attached hydrogen (secondary N) is 1. The predicted molar refractivity (Wildman–Crippen MR) is 91.9 cm³/mol. The highest BCUT2D eigenvalue weighted by molar-refractivity contribution is 5.82. The summed E-state index contributed by atoms with van der Waals surface area (Å²) in [5, 5.41) is 21.1. The molecule has 0 saturated carbocycles. The van der Waals surface area contributed by atoms with Gasteiger partial charge in [0, 0.05) is 30.8 Å². The smallest absolute Gasteiger partial charge is 0.254 e. The van der Waals surface area contributed by atoms with Gasteiger partial charge in [0.15, 0.2) is 6.10 Å². The van der Waals surface area contributed by atoms with Gasteiger partial charge in [0.25, 0.3) is 5.91 Å². The highest BCUT2D eigenvalue weighted by atomic mass is 19.1. The number of nitriles is 1. The van der Waals surface area contributed by atoms with Gasteiger partial charge >= 0.3 is 0 Å². The molecule has 0 fully saturated rings. The lowest BCUT2D eigenvalue weighted by Gasteiger charge is -2.19. The minimum atomic E-state index is -1.51. The van der Waals surface area contributed by atoms with E-state index in [9.17, 15) is 18.7 Å². The van der Waals surface area contributed by atoms with E-state index in [4.69, 9.17) is 14.7 Å². The number of halogens is 2. The van der Waals surface area contributed by atoms with Gasteiger partial charge in [-0.3, -0.25) is 4.79 Å². The van der Waals surface area contributed by atoms with Crippen molar-refractivity contribution in [3.05, 3.63) is 58.7 Å². The summed E-state index contributed by atoms with van der Waals surface area (Å²) in [5.74, 6) is -2.91. The topological polar surface area (TPSA) is 91.6 Å². The number of phenolic OH excluding ortho intramolecular Hbond substituents is 1. The number of rotatable bonds is 7. The number of ether oxygens (including phenoxy) is 2. The van der Waals surface area contributed by atoms with Gasteiger partial charge in [0.2, 0.25) is 0 Å². The fourth-order valence-electron chi connectivity index (χ4n) is 2.44. The molecule has 2 aromatic carbocycles. The molecule has 8 heteroatoms. The molecule has 0 aliphatic carbocycles. The number of aromatic hydroxyl groups is 1. The van der Waals surface area contributed by atoms with Crippen LogP contribution in [0.15, 0.2) is 30.3 Å². The van der Waals surface area contributed by atoms with Crippen LogP contribution in [0.25, 0.3) is 0 Å². The fraction of sp³-hybridized carbons (Fsp3) is 0.263. The number of phenols is 1. The molecular formula is C19H18F2N2O4. The SMILES string of the molecule is CCO[C@H](C(=O)NCc1ccc(C#N)cc1O)c1c(F)cc(OC)cc1F. The average Bonchev–Trinajstić information content (AvgIpc) is 2.65. The summed E-state index contributed by atoms with van der Waals surface area (Å²) in [5.41, 5.74) is 0.0737. The van der Waals surface area contributed by atoms with Gasteiger partial charge in [0.05, 0.1) is 24.3 Å². The second-order valence-electron chi connectivity index (χ2n) is 5.51. The van der Waals surface area contributed by atoms with E-state index in [0.29, 0.717) is 5.56 Å². The molecule has 6 nitrogen and oxygen atoms in total. The van der Waals surface area contributed by atoms with Gasteiger partial charge in [-0.1, -0.05) is 6.07 Å². The Kier molecular flexibility index (Phi) is 6.68. The van der Waals surface area contributed by atoms with Crippen LogP contribution in [0.2, 0.25) is 0 Å². The van der Waals surface area contributed by atoms with Crippen molar-refractivity contribution in [3.63, 3.8) is 0 Å². The molecule has 0 aromatic heterocycles. The summed E-state index contributed by atoms with van der Waals surface area (Å²) >= 11 is 0. The molecule has 0 heterocycles. The Morgan fingerprint density at radius 1 is 1.30 bits per heavy atom. The van der Waals surface area contributed by atoms with Crippen LogP contribution in [0.4, 0.5) is 8.78 Å². The predicted octanol–water partition coefficient (Wildman–Crippen LogP) is 2.94. The van der Waals surface area contributed by atoms with Gasteiger partial charge in [-0.25, -0.2) is 8.78 Å². The number of hydrogen-bond acceptors (Lipinski definition) is 5. The van der Waals surface area contributed by atoms with Gasteiger partial charge in [-0.05, 0) is 19.1 Å². The second kappa shape index (κ2) is 8.96. The van der Waals surface area contributed by atoms with Crippen LogP contribution in [-0.4, -0.2) is 24.7 Å². The maximum Gasteiger partial charge on any atom is 0.254 e. The monoisotopic (exact) mass is 376 g/mol. The number of benzene rings is 2. The molecule has 2 rings (SSSR count). The molecule has 0 aliphatic heterocycles. The van der Waals surface area contributed by atoms with Crippen LogP contribution >= 0.6 is 0 Å². The van der Waals surface area contributed by atoms with E-state index in [0.717, 1.165) is 12.1 Å². The van der Waals surface area contributed by atoms with E-state index in [-0.39, 0.29) is 30.2 Å². The highest BCUT2D eigenvalue weighted by Gasteiger charge is 2.28. The molecule has 0 bridgehead atoms. The van der Waals surface area contributed by atoms with Crippen LogP contribution < -0.4 is 10.1 Å². The first-order chi connectivity index (χ1) is 12.9. The molecule has 0 saturated heterocycles. The third-order valence-corrected chi connectivity index (χ3v) is 3.79. The standard InChI is InChI=1S/C19H18F2N2O4/c1-3-27-18(17-14(20)7-13(26-2)8-15(17)21)19(25)23-10-12-5-4-11(9-22)6-16(12)24/h4-8,18,24H,3,10H2,1-2H3,(H,23,25)/t18-/m0/s1. The molecule has 0 unspecified atom stereocenters. The summed E-state index contributed by atoms with van der Waals surface area (Å²) in [6.07, 6.45) is -1.51. The van der Waals surface area contributed by atoms with E-state index >= 15 is 0 Å². The van der Waals surface area contributed by atoms with Crippen LogP contribution in [-0.2, 0) is 16.1 Å². The summed E-state index contributed by atoms with van der Waals surface area (Å²) in [7, 11) is 1.27. The Morgan fingerprint density at radius 3 is 2.48 bits per heavy atom.